The molecule has 1 saturated carbocycles. The summed E-state index contributed by atoms with van der Waals surface area (Å²) in [6.07, 6.45) is -16.1. The summed E-state index contributed by atoms with van der Waals surface area (Å²) in [6, 6.07) is -3.20. The summed E-state index contributed by atoms with van der Waals surface area (Å²) in [5, 5.41) is 97.4. The maximum absolute atomic E-state index is 12.7. The molecule has 43 heavy (non-hydrogen) atoms. The molecule has 0 bridgehead atoms. The first-order valence-electron chi connectivity index (χ1n) is 14.5. The number of aliphatic hydroxyl groups is 9. The minimum absolute atomic E-state index is 0.0243. The number of ether oxygens (including phenoxy) is 3. The van der Waals surface area contributed by atoms with E-state index in [0.717, 1.165) is 0 Å². The zero-order valence-corrected chi connectivity index (χ0v) is 23.8. The predicted octanol–water partition coefficient (Wildman–Crippen LogP) is -8.14. The van der Waals surface area contributed by atoms with Gasteiger partial charge < -0.3 is 88.0 Å². The van der Waals surface area contributed by atoms with Crippen LogP contribution in [0.2, 0.25) is 0 Å². The molecule has 3 fully saturated rings. The zero-order chi connectivity index (χ0) is 32.0. The van der Waals surface area contributed by atoms with Gasteiger partial charge in [0.05, 0.1) is 55.8 Å². The number of carbonyl (C=O) groups excluding carboxylic acids is 1. The van der Waals surface area contributed by atoms with Gasteiger partial charge in [0.15, 0.2) is 6.29 Å². The van der Waals surface area contributed by atoms with Gasteiger partial charge in [-0.1, -0.05) is 0 Å². The van der Waals surface area contributed by atoms with Crippen LogP contribution in [0.4, 0.5) is 0 Å². The summed E-state index contributed by atoms with van der Waals surface area (Å²) in [7, 11) is 0. The van der Waals surface area contributed by atoms with Gasteiger partial charge in [-0.2, -0.15) is 0 Å². The fraction of sp³-hybridized carbons (Fsp3) is 0.960. The number of carbonyl (C=O) groups is 1. The van der Waals surface area contributed by atoms with Crippen molar-refractivity contribution in [2.45, 2.75) is 111 Å². The van der Waals surface area contributed by atoms with Gasteiger partial charge in [0.1, 0.15) is 36.6 Å². The Labute approximate surface area is 248 Å². The van der Waals surface area contributed by atoms with Crippen LogP contribution < -0.4 is 27.8 Å². The molecule has 18 nitrogen and oxygen atoms in total. The molecule has 18 heteroatoms. The van der Waals surface area contributed by atoms with Gasteiger partial charge >= 0.3 is 0 Å². The highest BCUT2D eigenvalue weighted by Crippen LogP contribution is 2.37. The lowest BCUT2D eigenvalue weighted by Gasteiger charge is -2.52. The molecule has 0 radical (unpaired) electrons. The van der Waals surface area contributed by atoms with Crippen LogP contribution in [0.25, 0.3) is 0 Å². The highest BCUT2D eigenvalue weighted by molar-refractivity contribution is 5.80. The number of aliphatic hydroxyl groups excluding tert-OH is 9. The summed E-state index contributed by atoms with van der Waals surface area (Å²) in [6.45, 7) is -1.17. The number of amides is 1. The lowest BCUT2D eigenvalue weighted by atomic mass is 9.71. The van der Waals surface area contributed by atoms with E-state index in [9.17, 15) is 45.6 Å². The summed E-state index contributed by atoms with van der Waals surface area (Å²) in [4.78, 5) is 12.7. The molecule has 1 aliphatic carbocycles. The Bertz CT molecular complexity index is 866. The molecule has 1 amide bonds. The van der Waals surface area contributed by atoms with Crippen LogP contribution in [-0.4, -0.2) is 176 Å². The molecule has 2 saturated heterocycles. The molecular weight excluding hydrogens is 578 g/mol. The molecule has 0 aromatic heterocycles. The quantitative estimate of drug-likeness (QED) is 0.0901. The van der Waals surface area contributed by atoms with Gasteiger partial charge in [-0.3, -0.25) is 4.79 Å². The molecule has 2 heterocycles. The molecule has 0 aromatic carbocycles. The Balaban J connectivity index is 1.86. The smallest absolute Gasteiger partial charge is 0.249 e. The van der Waals surface area contributed by atoms with Crippen molar-refractivity contribution < 1.29 is 65.0 Å². The molecular formula is C25H49N5O13. The minimum Gasteiger partial charge on any atom is -0.394 e. The van der Waals surface area contributed by atoms with E-state index in [1.165, 1.54) is 0 Å². The second kappa shape index (κ2) is 16.4. The van der Waals surface area contributed by atoms with E-state index >= 15 is 0 Å². The first-order chi connectivity index (χ1) is 20.3. The Kier molecular flexibility index (Phi) is 13.9. The fourth-order valence-electron chi connectivity index (χ4n) is 5.91. The Morgan fingerprint density at radius 1 is 0.953 bits per heavy atom. The molecule has 0 aromatic rings. The van der Waals surface area contributed by atoms with Crippen molar-refractivity contribution in [3.8, 4) is 0 Å². The van der Waals surface area contributed by atoms with E-state index < -0.39 is 117 Å². The van der Waals surface area contributed by atoms with Crippen LogP contribution in [-0.2, 0) is 19.0 Å². The van der Waals surface area contributed by atoms with Crippen molar-refractivity contribution >= 4 is 5.91 Å². The second-order valence-corrected chi connectivity index (χ2v) is 11.6. The van der Waals surface area contributed by atoms with Crippen LogP contribution >= 0.6 is 0 Å². The third kappa shape index (κ3) is 8.76. The van der Waals surface area contributed by atoms with Crippen molar-refractivity contribution in [2.75, 3.05) is 32.8 Å². The number of hydrogen-bond acceptors (Lipinski definition) is 17. The van der Waals surface area contributed by atoms with Crippen LogP contribution in [0.5, 0.6) is 0 Å². The lowest BCUT2D eigenvalue weighted by Crippen LogP contribution is -2.71. The monoisotopic (exact) mass is 627 g/mol. The molecule has 3 rings (SSSR count). The summed E-state index contributed by atoms with van der Waals surface area (Å²) in [5.74, 6) is -1.87. The van der Waals surface area contributed by atoms with E-state index in [1.54, 1.807) is 0 Å². The van der Waals surface area contributed by atoms with Gasteiger partial charge in [-0.15, -0.1) is 0 Å². The number of rotatable bonds is 13. The summed E-state index contributed by atoms with van der Waals surface area (Å²) >= 11 is 0. The van der Waals surface area contributed by atoms with E-state index in [-0.39, 0.29) is 38.9 Å². The second-order valence-electron chi connectivity index (χ2n) is 11.6. The minimum atomic E-state index is -1.58. The Morgan fingerprint density at radius 3 is 2.28 bits per heavy atom. The number of nitrogens with two attached hydrogens (primary N) is 3. The lowest BCUT2D eigenvalue weighted by molar-refractivity contribution is -0.303. The van der Waals surface area contributed by atoms with Crippen molar-refractivity contribution in [1.82, 2.24) is 10.6 Å². The topological polar surface area (TPSA) is 329 Å². The molecule has 17 N–H and O–H groups in total. The van der Waals surface area contributed by atoms with E-state index in [2.05, 4.69) is 10.6 Å². The van der Waals surface area contributed by atoms with Crippen LogP contribution in [0.15, 0.2) is 0 Å². The molecule has 16 atom stereocenters. The van der Waals surface area contributed by atoms with Crippen molar-refractivity contribution in [3.05, 3.63) is 0 Å². The third-order valence-electron chi connectivity index (χ3n) is 8.38. The standard InChI is InChI=1S/C25H49N5O13/c26-2-1-12(34)24(40)30-11-3-10(27)17(20(38)22(11)43-25-14(36)4-13(35)16(8-32)42-25)23-18(28)21(39)19(37)15(41-23)6-29-5-9(33)7-31/h9-23,25,29,31-39H,1-8,26-28H2,(H,30,40)/t9?,10-,11+,12-,13-,14+,15+,16+,17?,18+,19+,20-,21+,22-,23+,25+/m0/s1. The van der Waals surface area contributed by atoms with Crippen LogP contribution in [0.1, 0.15) is 19.3 Å². The molecule has 252 valence electrons. The molecule has 2 unspecified atom stereocenters. The predicted molar refractivity (Wildman–Crippen MR) is 146 cm³/mol. The van der Waals surface area contributed by atoms with Gasteiger partial charge in [0, 0.05) is 31.5 Å². The van der Waals surface area contributed by atoms with Crippen LogP contribution in [0, 0.1) is 5.92 Å². The summed E-state index contributed by atoms with van der Waals surface area (Å²) < 4.78 is 17.6. The third-order valence-corrected chi connectivity index (χ3v) is 8.38. The maximum atomic E-state index is 12.7. The zero-order valence-electron chi connectivity index (χ0n) is 23.8. The normalized spacial score (nSPS) is 43.6. The fourth-order valence-corrected chi connectivity index (χ4v) is 5.91. The van der Waals surface area contributed by atoms with Gasteiger partial charge in [-0.05, 0) is 19.4 Å². The maximum Gasteiger partial charge on any atom is 0.249 e. The van der Waals surface area contributed by atoms with E-state index in [1.807, 2.05) is 0 Å². The van der Waals surface area contributed by atoms with Gasteiger partial charge in [0.2, 0.25) is 5.91 Å². The Morgan fingerprint density at radius 2 is 1.65 bits per heavy atom. The van der Waals surface area contributed by atoms with Crippen molar-refractivity contribution in [1.29, 1.82) is 0 Å². The average molecular weight is 628 g/mol. The Hall–Kier alpha value is -1.17. The molecule has 3 aliphatic rings. The first-order valence-corrected chi connectivity index (χ1v) is 14.5. The SMILES string of the molecule is NCC[C@H](O)C(=O)N[C@@H]1C[C@H](N)C([C@H]2O[C@H](CNCC(O)CO)[C@@H](O)[C@H](O)[C@H]2N)[C@H](O)[C@H]1O[C@H]1O[C@H](CO)[C@@H](O)C[C@H]1O. The average Bonchev–Trinajstić information content (AvgIpc) is 2.96. The highest BCUT2D eigenvalue weighted by Gasteiger charge is 2.55. The van der Waals surface area contributed by atoms with E-state index in [0.29, 0.717) is 0 Å². The largest absolute Gasteiger partial charge is 0.394 e. The first kappa shape index (κ1) is 36.3. The van der Waals surface area contributed by atoms with Crippen LogP contribution in [0.3, 0.4) is 0 Å². The number of hydrogen-bond donors (Lipinski definition) is 14. The van der Waals surface area contributed by atoms with Gasteiger partial charge in [-0.25, -0.2) is 0 Å². The van der Waals surface area contributed by atoms with Gasteiger partial charge in [0.25, 0.3) is 0 Å². The van der Waals surface area contributed by atoms with Crippen molar-refractivity contribution in [2.24, 2.45) is 23.1 Å². The summed E-state index contributed by atoms with van der Waals surface area (Å²) in [5.41, 5.74) is 18.2. The molecule has 0 spiro atoms. The van der Waals surface area contributed by atoms with Crippen molar-refractivity contribution in [3.63, 3.8) is 0 Å². The number of nitrogens with one attached hydrogen (secondary N) is 2. The van der Waals surface area contributed by atoms with E-state index in [4.69, 9.17) is 36.5 Å². The highest BCUT2D eigenvalue weighted by atomic mass is 16.7. The molecule has 2 aliphatic heterocycles.